The van der Waals surface area contributed by atoms with Gasteiger partial charge in [-0.1, -0.05) is 39.7 Å². The standard InChI is InChI=1S/C26H15Br2ClN2O7/c1-36-22-7-6-17(29)13-19(22)25-30-21(26(33)38-25)11-15-10-16(27)12-20(28)24(15)37-23(32)8-5-14-3-2-4-18(9-14)31(34)35/h2-13H,1H3/b8-5+,21-11-. The van der Waals surface area contributed by atoms with E-state index in [9.17, 15) is 19.7 Å². The molecular formula is C26H15Br2ClN2O7. The number of hydrogen-bond donors (Lipinski definition) is 0. The van der Waals surface area contributed by atoms with Gasteiger partial charge < -0.3 is 14.2 Å². The molecule has 3 aromatic carbocycles. The molecule has 0 atom stereocenters. The van der Waals surface area contributed by atoms with E-state index in [-0.39, 0.29) is 23.0 Å². The summed E-state index contributed by atoms with van der Waals surface area (Å²) in [6, 6.07) is 13.9. The zero-order valence-corrected chi connectivity index (χ0v) is 23.2. The molecule has 9 nitrogen and oxygen atoms in total. The third-order valence-corrected chi connectivity index (χ3v) is 6.32. The lowest BCUT2D eigenvalue weighted by molar-refractivity contribution is -0.384. The lowest BCUT2D eigenvalue weighted by atomic mass is 10.1. The first-order chi connectivity index (χ1) is 18.1. The fourth-order valence-corrected chi connectivity index (χ4v) is 4.87. The predicted molar refractivity (Wildman–Crippen MR) is 148 cm³/mol. The molecule has 38 heavy (non-hydrogen) atoms. The van der Waals surface area contributed by atoms with Gasteiger partial charge in [-0.2, -0.15) is 0 Å². The van der Waals surface area contributed by atoms with Gasteiger partial charge in [-0.15, -0.1) is 0 Å². The van der Waals surface area contributed by atoms with Gasteiger partial charge in [0.15, 0.2) is 11.4 Å². The maximum atomic E-state index is 12.6. The Morgan fingerprint density at radius 2 is 1.95 bits per heavy atom. The van der Waals surface area contributed by atoms with Gasteiger partial charge in [0.25, 0.3) is 5.69 Å². The first kappa shape index (κ1) is 27.2. The van der Waals surface area contributed by atoms with Gasteiger partial charge in [0.2, 0.25) is 5.90 Å². The monoisotopic (exact) mass is 660 g/mol. The minimum Gasteiger partial charge on any atom is -0.496 e. The van der Waals surface area contributed by atoms with Crippen LogP contribution in [0.15, 0.2) is 80.3 Å². The SMILES string of the molecule is COc1ccc(Cl)cc1C1=N/C(=C\c2cc(Br)cc(Br)c2OC(=O)/C=C/c2cccc([N+](=O)[O-])c2)C(=O)O1. The van der Waals surface area contributed by atoms with E-state index in [1.54, 1.807) is 36.4 Å². The molecule has 0 bridgehead atoms. The molecule has 192 valence electrons. The molecule has 0 spiro atoms. The predicted octanol–water partition coefficient (Wildman–Crippen LogP) is 6.75. The van der Waals surface area contributed by atoms with E-state index in [4.69, 9.17) is 25.8 Å². The zero-order valence-electron chi connectivity index (χ0n) is 19.3. The Hall–Kier alpha value is -3.80. The molecule has 0 N–H and O–H groups in total. The summed E-state index contributed by atoms with van der Waals surface area (Å²) in [5, 5.41) is 11.4. The smallest absolute Gasteiger partial charge is 0.363 e. The average Bonchev–Trinajstić information content (AvgIpc) is 3.24. The van der Waals surface area contributed by atoms with E-state index in [1.165, 1.54) is 37.5 Å². The van der Waals surface area contributed by atoms with Crippen molar-refractivity contribution >= 4 is 79.1 Å². The van der Waals surface area contributed by atoms with E-state index >= 15 is 0 Å². The number of aliphatic imine (C=N–C) groups is 1. The number of benzene rings is 3. The summed E-state index contributed by atoms with van der Waals surface area (Å²) < 4.78 is 17.2. The van der Waals surface area contributed by atoms with Gasteiger partial charge in [-0.25, -0.2) is 14.6 Å². The quantitative estimate of drug-likeness (QED) is 0.0904. The average molecular weight is 663 g/mol. The molecule has 1 aliphatic rings. The molecule has 0 aliphatic carbocycles. The van der Waals surface area contributed by atoms with Crippen LogP contribution in [-0.2, 0) is 14.3 Å². The number of rotatable bonds is 7. The molecule has 0 saturated heterocycles. The Morgan fingerprint density at radius 3 is 2.68 bits per heavy atom. The normalized spacial score (nSPS) is 13.9. The third kappa shape index (κ3) is 6.36. The fourth-order valence-electron chi connectivity index (χ4n) is 3.36. The van der Waals surface area contributed by atoms with E-state index < -0.39 is 16.9 Å². The highest BCUT2D eigenvalue weighted by Crippen LogP contribution is 2.36. The first-order valence-electron chi connectivity index (χ1n) is 10.6. The number of hydrogen-bond acceptors (Lipinski definition) is 8. The number of cyclic esters (lactones) is 1. The van der Waals surface area contributed by atoms with Crippen molar-refractivity contribution in [3.8, 4) is 11.5 Å². The molecule has 0 saturated carbocycles. The van der Waals surface area contributed by atoms with Crippen LogP contribution in [-0.4, -0.2) is 29.9 Å². The van der Waals surface area contributed by atoms with Crippen LogP contribution in [0.2, 0.25) is 5.02 Å². The molecule has 0 radical (unpaired) electrons. The van der Waals surface area contributed by atoms with E-state index in [0.29, 0.717) is 36.4 Å². The lowest BCUT2D eigenvalue weighted by Gasteiger charge is -2.09. The Morgan fingerprint density at radius 1 is 1.16 bits per heavy atom. The summed E-state index contributed by atoms with van der Waals surface area (Å²) >= 11 is 12.8. The highest BCUT2D eigenvalue weighted by molar-refractivity contribution is 9.11. The maximum absolute atomic E-state index is 12.6. The van der Waals surface area contributed by atoms with Crippen LogP contribution in [0.3, 0.4) is 0 Å². The summed E-state index contributed by atoms with van der Waals surface area (Å²) in [6.07, 6.45) is 3.94. The molecule has 3 aromatic rings. The minimum atomic E-state index is -0.749. The molecule has 12 heteroatoms. The first-order valence-corrected chi connectivity index (χ1v) is 12.6. The van der Waals surface area contributed by atoms with Crippen LogP contribution in [0.5, 0.6) is 11.5 Å². The fraction of sp³-hybridized carbons (Fsp3) is 0.0385. The van der Waals surface area contributed by atoms with Gasteiger partial charge in [0.1, 0.15) is 5.75 Å². The summed E-state index contributed by atoms with van der Waals surface area (Å²) in [5.74, 6) is -0.932. The number of halogens is 3. The highest BCUT2D eigenvalue weighted by Gasteiger charge is 2.27. The van der Waals surface area contributed by atoms with Crippen LogP contribution in [0.4, 0.5) is 5.69 Å². The van der Waals surface area contributed by atoms with Gasteiger partial charge in [0, 0.05) is 33.3 Å². The second-order valence-electron chi connectivity index (χ2n) is 7.59. The topological polar surface area (TPSA) is 117 Å². The van der Waals surface area contributed by atoms with Crippen LogP contribution < -0.4 is 9.47 Å². The van der Waals surface area contributed by atoms with Crippen molar-refractivity contribution in [2.45, 2.75) is 0 Å². The van der Waals surface area contributed by atoms with Crippen molar-refractivity contribution in [3.63, 3.8) is 0 Å². The van der Waals surface area contributed by atoms with Crippen molar-refractivity contribution < 1.29 is 28.7 Å². The van der Waals surface area contributed by atoms with Gasteiger partial charge in [-0.05, 0) is 64.0 Å². The van der Waals surface area contributed by atoms with Crippen LogP contribution >= 0.6 is 43.5 Å². The van der Waals surface area contributed by atoms with Gasteiger partial charge in [-0.3, -0.25) is 10.1 Å². The van der Waals surface area contributed by atoms with E-state index in [0.717, 1.165) is 6.08 Å². The van der Waals surface area contributed by atoms with Gasteiger partial charge in [0.05, 0.1) is 22.1 Å². The Kier molecular flexibility index (Phi) is 8.40. The number of nitro benzene ring substituents is 1. The molecule has 4 rings (SSSR count). The summed E-state index contributed by atoms with van der Waals surface area (Å²) in [6.45, 7) is 0. The largest absolute Gasteiger partial charge is 0.496 e. The lowest BCUT2D eigenvalue weighted by Crippen LogP contribution is -2.07. The molecule has 1 heterocycles. The minimum absolute atomic E-state index is 0.00750. The Balaban J connectivity index is 1.64. The van der Waals surface area contributed by atoms with Crippen molar-refractivity contribution in [2.24, 2.45) is 4.99 Å². The number of carbonyl (C=O) groups is 2. The number of nitro groups is 1. The van der Waals surface area contributed by atoms with Crippen molar-refractivity contribution in [2.75, 3.05) is 7.11 Å². The van der Waals surface area contributed by atoms with E-state index in [2.05, 4.69) is 36.9 Å². The number of non-ortho nitro benzene ring substituents is 1. The number of nitrogens with zero attached hydrogens (tertiary/aromatic N) is 2. The number of esters is 2. The Bertz CT molecular complexity index is 1570. The zero-order chi connectivity index (χ0) is 27.4. The molecular weight excluding hydrogens is 648 g/mol. The maximum Gasteiger partial charge on any atom is 0.363 e. The van der Waals surface area contributed by atoms with Crippen LogP contribution in [0, 0.1) is 10.1 Å². The molecule has 0 unspecified atom stereocenters. The summed E-state index contributed by atoms with van der Waals surface area (Å²) in [5.41, 5.74) is 1.03. The summed E-state index contributed by atoms with van der Waals surface area (Å²) in [4.78, 5) is 39.9. The second kappa shape index (κ2) is 11.7. The number of methoxy groups -OCH3 is 1. The van der Waals surface area contributed by atoms with Crippen molar-refractivity contribution in [1.82, 2.24) is 0 Å². The number of carbonyl (C=O) groups excluding carboxylic acids is 2. The molecule has 0 aromatic heterocycles. The van der Waals surface area contributed by atoms with Gasteiger partial charge >= 0.3 is 11.9 Å². The third-order valence-electron chi connectivity index (χ3n) is 5.04. The van der Waals surface area contributed by atoms with Crippen LogP contribution in [0.25, 0.3) is 12.2 Å². The Labute approximate surface area is 237 Å². The highest BCUT2D eigenvalue weighted by atomic mass is 79.9. The second-order valence-corrected chi connectivity index (χ2v) is 9.80. The van der Waals surface area contributed by atoms with Crippen LogP contribution in [0.1, 0.15) is 16.7 Å². The van der Waals surface area contributed by atoms with E-state index in [1.807, 2.05) is 0 Å². The molecule has 1 aliphatic heterocycles. The van der Waals surface area contributed by atoms with Crippen molar-refractivity contribution in [1.29, 1.82) is 0 Å². The van der Waals surface area contributed by atoms with Crippen molar-refractivity contribution in [3.05, 3.63) is 107 Å². The number of ether oxygens (including phenoxy) is 3. The molecule has 0 amide bonds. The molecule has 0 fully saturated rings. The summed E-state index contributed by atoms with van der Waals surface area (Å²) in [7, 11) is 1.47.